The number of carbonyl (C=O) groups excluding carboxylic acids is 2. The van der Waals surface area contributed by atoms with Gasteiger partial charge in [-0.15, -0.1) is 0 Å². The summed E-state index contributed by atoms with van der Waals surface area (Å²) < 4.78 is 1.78. The van der Waals surface area contributed by atoms with E-state index < -0.39 is 0 Å². The highest BCUT2D eigenvalue weighted by molar-refractivity contribution is 5.83. The summed E-state index contributed by atoms with van der Waals surface area (Å²) in [7, 11) is 1.89. The van der Waals surface area contributed by atoms with Gasteiger partial charge in [0.1, 0.15) is 0 Å². The number of amides is 2. The predicted molar refractivity (Wildman–Crippen MR) is 77.5 cm³/mol. The molecular weight excluding hydrogens is 268 g/mol. The average Bonchev–Trinajstić information content (AvgIpc) is 3.12. The van der Waals surface area contributed by atoms with Crippen molar-refractivity contribution in [3.8, 4) is 0 Å². The van der Waals surface area contributed by atoms with Crippen LogP contribution in [-0.4, -0.2) is 45.6 Å². The standard InChI is InChI=1S/C15H22N4O2/c1-10(20)17-12-4-3-5-19(9-12)15(21)14-6-13(14)11-7-16-18(2)8-11/h7-8,12-14H,3-6,9H2,1-2H3,(H,17,20)/t12-,13-,14+/m1/s1. The molecule has 2 amide bonds. The summed E-state index contributed by atoms with van der Waals surface area (Å²) in [6, 6.07) is 0.107. The van der Waals surface area contributed by atoms with Crippen molar-refractivity contribution in [2.24, 2.45) is 13.0 Å². The van der Waals surface area contributed by atoms with Crippen LogP contribution in [0, 0.1) is 5.92 Å². The Bertz CT molecular complexity index is 554. The largest absolute Gasteiger partial charge is 0.352 e. The Hall–Kier alpha value is -1.85. The molecule has 1 aliphatic heterocycles. The predicted octanol–water partition coefficient (Wildman–Crippen LogP) is 0.651. The lowest BCUT2D eigenvalue weighted by atomic mass is 10.0. The lowest BCUT2D eigenvalue weighted by molar-refractivity contribution is -0.134. The number of aromatic nitrogens is 2. The van der Waals surface area contributed by atoms with Gasteiger partial charge in [0.2, 0.25) is 11.8 Å². The zero-order valence-electron chi connectivity index (χ0n) is 12.6. The number of hydrogen-bond donors (Lipinski definition) is 1. The summed E-state index contributed by atoms with van der Waals surface area (Å²) >= 11 is 0. The molecule has 6 nitrogen and oxygen atoms in total. The van der Waals surface area contributed by atoms with Gasteiger partial charge >= 0.3 is 0 Å². The highest BCUT2D eigenvalue weighted by Gasteiger charge is 2.46. The fourth-order valence-corrected chi connectivity index (χ4v) is 3.29. The summed E-state index contributed by atoms with van der Waals surface area (Å²) in [6.45, 7) is 2.99. The maximum atomic E-state index is 12.6. The molecule has 2 aliphatic rings. The molecule has 2 fully saturated rings. The first-order valence-corrected chi connectivity index (χ1v) is 7.59. The molecule has 1 saturated heterocycles. The lowest BCUT2D eigenvalue weighted by Gasteiger charge is -2.33. The van der Waals surface area contributed by atoms with Crippen molar-refractivity contribution < 1.29 is 9.59 Å². The van der Waals surface area contributed by atoms with Crippen molar-refractivity contribution in [3.05, 3.63) is 18.0 Å². The van der Waals surface area contributed by atoms with E-state index in [1.165, 1.54) is 6.92 Å². The second-order valence-electron chi connectivity index (χ2n) is 6.22. The van der Waals surface area contributed by atoms with E-state index in [0.29, 0.717) is 12.5 Å². The maximum Gasteiger partial charge on any atom is 0.226 e. The topological polar surface area (TPSA) is 67.2 Å². The molecular formula is C15H22N4O2. The number of nitrogens with one attached hydrogen (secondary N) is 1. The van der Waals surface area contributed by atoms with E-state index in [-0.39, 0.29) is 23.8 Å². The summed E-state index contributed by atoms with van der Waals surface area (Å²) in [6.07, 6.45) is 6.69. The normalized spacial score (nSPS) is 28.3. The average molecular weight is 290 g/mol. The molecule has 1 saturated carbocycles. The van der Waals surface area contributed by atoms with Gasteiger partial charge in [-0.2, -0.15) is 5.10 Å². The molecule has 1 aromatic rings. The van der Waals surface area contributed by atoms with Crippen LogP contribution in [0.4, 0.5) is 0 Å². The molecule has 0 spiro atoms. The maximum absolute atomic E-state index is 12.6. The van der Waals surface area contributed by atoms with Crippen LogP contribution in [-0.2, 0) is 16.6 Å². The van der Waals surface area contributed by atoms with Gasteiger partial charge in [0.15, 0.2) is 0 Å². The van der Waals surface area contributed by atoms with Gasteiger partial charge in [-0.1, -0.05) is 0 Å². The van der Waals surface area contributed by atoms with E-state index in [0.717, 1.165) is 31.4 Å². The van der Waals surface area contributed by atoms with Crippen molar-refractivity contribution in [1.29, 1.82) is 0 Å². The monoisotopic (exact) mass is 290 g/mol. The van der Waals surface area contributed by atoms with Gasteiger partial charge in [-0.05, 0) is 30.7 Å². The van der Waals surface area contributed by atoms with Crippen molar-refractivity contribution in [2.45, 2.75) is 38.1 Å². The molecule has 6 heteroatoms. The van der Waals surface area contributed by atoms with E-state index >= 15 is 0 Å². The fraction of sp³-hybridized carbons (Fsp3) is 0.667. The molecule has 1 N–H and O–H groups in total. The highest BCUT2D eigenvalue weighted by Crippen LogP contribution is 2.48. The quantitative estimate of drug-likeness (QED) is 0.889. The van der Waals surface area contributed by atoms with E-state index in [1.54, 1.807) is 4.68 Å². The molecule has 1 aliphatic carbocycles. The van der Waals surface area contributed by atoms with Crippen molar-refractivity contribution in [2.75, 3.05) is 13.1 Å². The number of hydrogen-bond acceptors (Lipinski definition) is 3. The molecule has 3 rings (SSSR count). The van der Waals surface area contributed by atoms with E-state index in [2.05, 4.69) is 10.4 Å². The van der Waals surface area contributed by atoms with Gasteiger partial charge in [0, 0.05) is 45.2 Å². The summed E-state index contributed by atoms with van der Waals surface area (Å²) in [5, 5.41) is 7.10. The Morgan fingerprint density at radius 1 is 1.43 bits per heavy atom. The molecule has 0 unspecified atom stereocenters. The summed E-state index contributed by atoms with van der Waals surface area (Å²) in [5.41, 5.74) is 1.16. The SMILES string of the molecule is CC(=O)N[C@@H]1CCCN(C(=O)[C@H]2C[C@@H]2c2cnn(C)c2)C1. The fourth-order valence-electron chi connectivity index (χ4n) is 3.29. The number of nitrogens with zero attached hydrogens (tertiary/aromatic N) is 3. The first kappa shape index (κ1) is 14.1. The van der Waals surface area contributed by atoms with Crippen LogP contribution < -0.4 is 5.32 Å². The van der Waals surface area contributed by atoms with Crippen LogP contribution in [0.3, 0.4) is 0 Å². The Balaban J connectivity index is 1.57. The second kappa shape index (κ2) is 5.50. The molecule has 114 valence electrons. The van der Waals surface area contributed by atoms with Gasteiger partial charge in [-0.25, -0.2) is 0 Å². The van der Waals surface area contributed by atoms with E-state index in [1.807, 2.05) is 24.3 Å². The minimum absolute atomic E-state index is 0.0195. The van der Waals surface area contributed by atoms with Crippen LogP contribution >= 0.6 is 0 Å². The zero-order valence-corrected chi connectivity index (χ0v) is 12.6. The Labute approximate surface area is 124 Å². The minimum Gasteiger partial charge on any atom is -0.352 e. The number of likely N-dealkylation sites (tertiary alicyclic amines) is 1. The van der Waals surface area contributed by atoms with Crippen molar-refractivity contribution >= 4 is 11.8 Å². The van der Waals surface area contributed by atoms with Gasteiger partial charge in [0.05, 0.1) is 6.20 Å². The Morgan fingerprint density at radius 2 is 2.24 bits per heavy atom. The smallest absolute Gasteiger partial charge is 0.226 e. The van der Waals surface area contributed by atoms with E-state index in [9.17, 15) is 9.59 Å². The van der Waals surface area contributed by atoms with Crippen LogP contribution in [0.2, 0.25) is 0 Å². The third-order valence-electron chi connectivity index (χ3n) is 4.40. The zero-order chi connectivity index (χ0) is 15.0. The highest BCUT2D eigenvalue weighted by atomic mass is 16.2. The molecule has 3 atom stereocenters. The number of aryl methyl sites for hydroxylation is 1. The van der Waals surface area contributed by atoms with Crippen LogP contribution in [0.5, 0.6) is 0 Å². The first-order chi connectivity index (χ1) is 10.0. The van der Waals surface area contributed by atoms with Crippen molar-refractivity contribution in [1.82, 2.24) is 20.0 Å². The molecule has 1 aromatic heterocycles. The molecule has 21 heavy (non-hydrogen) atoms. The number of piperidine rings is 1. The molecule has 2 heterocycles. The minimum atomic E-state index is -0.0195. The third-order valence-corrected chi connectivity index (χ3v) is 4.40. The second-order valence-corrected chi connectivity index (χ2v) is 6.22. The van der Waals surface area contributed by atoms with Gasteiger partial charge in [0.25, 0.3) is 0 Å². The Morgan fingerprint density at radius 3 is 2.90 bits per heavy atom. The van der Waals surface area contributed by atoms with Crippen molar-refractivity contribution in [3.63, 3.8) is 0 Å². The van der Waals surface area contributed by atoms with Crippen LogP contribution in [0.1, 0.15) is 37.7 Å². The number of carbonyl (C=O) groups is 2. The third kappa shape index (κ3) is 3.09. The molecule has 0 aromatic carbocycles. The van der Waals surface area contributed by atoms with Crippen LogP contribution in [0.25, 0.3) is 0 Å². The first-order valence-electron chi connectivity index (χ1n) is 7.59. The number of rotatable bonds is 3. The van der Waals surface area contributed by atoms with Gasteiger partial charge < -0.3 is 10.2 Å². The molecule has 0 radical (unpaired) electrons. The van der Waals surface area contributed by atoms with Gasteiger partial charge in [-0.3, -0.25) is 14.3 Å². The summed E-state index contributed by atoms with van der Waals surface area (Å²) in [5.74, 6) is 0.644. The van der Waals surface area contributed by atoms with Crippen LogP contribution in [0.15, 0.2) is 12.4 Å². The van der Waals surface area contributed by atoms with E-state index in [4.69, 9.17) is 0 Å². The Kier molecular flexibility index (Phi) is 3.69. The summed E-state index contributed by atoms with van der Waals surface area (Å²) in [4.78, 5) is 25.6. The molecule has 0 bridgehead atoms. The lowest BCUT2D eigenvalue weighted by Crippen LogP contribution is -2.49.